The van der Waals surface area contributed by atoms with Gasteiger partial charge in [0.05, 0.1) is 10.7 Å². The van der Waals surface area contributed by atoms with Crippen molar-refractivity contribution in [3.63, 3.8) is 0 Å². The normalized spacial score (nSPS) is 12.7. The number of halogens is 2. The number of hydrogen-bond donors (Lipinski definition) is 2. The molecule has 6 heteroatoms. The number of hydrogen-bond acceptors (Lipinski definition) is 3. The van der Waals surface area contributed by atoms with Crippen molar-refractivity contribution in [1.29, 1.82) is 0 Å². The molecular weight excluding hydrogens is 265 g/mol. The molecule has 2 aromatic rings. The summed E-state index contributed by atoms with van der Waals surface area (Å²) >= 11 is 3.05. The van der Waals surface area contributed by atoms with Crippen molar-refractivity contribution < 1.29 is 9.50 Å². The summed E-state index contributed by atoms with van der Waals surface area (Å²) in [6.07, 6.45) is 0.242. The monoisotopic (exact) mass is 271 g/mol. The van der Waals surface area contributed by atoms with E-state index in [1.54, 1.807) is 12.1 Å². The predicted octanol–water partition coefficient (Wildman–Crippen LogP) is 1.79. The number of benzene rings is 1. The Bertz CT molecular complexity index is 460. The highest BCUT2D eigenvalue weighted by Crippen LogP contribution is 2.26. The Hall–Kier alpha value is -1.27. The minimum atomic E-state index is -1.11. The van der Waals surface area contributed by atoms with Gasteiger partial charge in [-0.1, -0.05) is 12.1 Å². The Balaban J connectivity index is 2.42. The van der Waals surface area contributed by atoms with E-state index in [1.165, 1.54) is 12.3 Å². The molecule has 78 valence electrons. The van der Waals surface area contributed by atoms with Crippen LogP contribution in [0.4, 0.5) is 4.39 Å². The molecule has 0 bridgehead atoms. The average Bonchev–Trinajstić information content (AvgIpc) is 2.74. The summed E-state index contributed by atoms with van der Waals surface area (Å²) in [5.41, 5.74) is 0.449. The van der Waals surface area contributed by atoms with E-state index in [9.17, 15) is 9.50 Å². The van der Waals surface area contributed by atoms with E-state index < -0.39 is 11.9 Å². The summed E-state index contributed by atoms with van der Waals surface area (Å²) in [5.74, 6) is -0.493. The van der Waals surface area contributed by atoms with Crippen molar-refractivity contribution in [3.8, 4) is 0 Å². The quantitative estimate of drug-likeness (QED) is 0.876. The Labute approximate surface area is 93.3 Å². The van der Waals surface area contributed by atoms with Gasteiger partial charge in [0.1, 0.15) is 17.6 Å². The van der Waals surface area contributed by atoms with Crippen LogP contribution in [0.5, 0.6) is 0 Å². The average molecular weight is 272 g/mol. The number of aliphatic hydroxyl groups is 1. The lowest BCUT2D eigenvalue weighted by molar-refractivity contribution is 0.209. The standard InChI is InChI=1S/C9H7BrFN3O/c10-6-3-1-2-5(8(6)11)9(15)7-4-12-14-13-7/h1-4,9,15H,(H,12,13,14). The third kappa shape index (κ3) is 1.91. The lowest BCUT2D eigenvalue weighted by atomic mass is 10.1. The Morgan fingerprint density at radius 3 is 2.93 bits per heavy atom. The van der Waals surface area contributed by atoms with Crippen LogP contribution in [0, 0.1) is 5.82 Å². The van der Waals surface area contributed by atoms with E-state index in [0.717, 1.165) is 0 Å². The molecule has 0 aliphatic heterocycles. The molecule has 0 amide bonds. The molecule has 4 nitrogen and oxygen atoms in total. The molecule has 15 heavy (non-hydrogen) atoms. The van der Waals surface area contributed by atoms with Gasteiger partial charge >= 0.3 is 0 Å². The van der Waals surface area contributed by atoms with Gasteiger partial charge < -0.3 is 5.11 Å². The predicted molar refractivity (Wildman–Crippen MR) is 54.5 cm³/mol. The molecule has 1 unspecified atom stereocenters. The molecule has 0 spiro atoms. The summed E-state index contributed by atoms with van der Waals surface area (Å²) in [6, 6.07) is 4.71. The molecular formula is C9H7BrFN3O. The zero-order valence-corrected chi connectivity index (χ0v) is 9.07. The van der Waals surface area contributed by atoms with Gasteiger partial charge in [0.2, 0.25) is 0 Å². The molecule has 2 rings (SSSR count). The SMILES string of the molecule is OC(c1cn[nH]n1)c1cccc(Br)c1F. The highest BCUT2D eigenvalue weighted by Gasteiger charge is 2.18. The fraction of sp³-hybridized carbons (Fsp3) is 0.111. The minimum Gasteiger partial charge on any atom is -0.382 e. The van der Waals surface area contributed by atoms with Crippen LogP contribution in [-0.4, -0.2) is 20.5 Å². The van der Waals surface area contributed by atoms with Crippen LogP contribution in [-0.2, 0) is 0 Å². The van der Waals surface area contributed by atoms with Gasteiger partial charge in [0, 0.05) is 5.56 Å². The first-order valence-electron chi connectivity index (χ1n) is 4.18. The topological polar surface area (TPSA) is 61.8 Å². The number of nitrogens with one attached hydrogen (secondary N) is 1. The molecule has 1 aromatic heterocycles. The molecule has 1 atom stereocenters. The van der Waals surface area contributed by atoms with Crippen LogP contribution >= 0.6 is 15.9 Å². The Morgan fingerprint density at radius 1 is 1.47 bits per heavy atom. The smallest absolute Gasteiger partial charge is 0.143 e. The molecule has 0 aliphatic rings. The van der Waals surface area contributed by atoms with Crippen LogP contribution in [0.25, 0.3) is 0 Å². The summed E-state index contributed by atoms with van der Waals surface area (Å²) in [7, 11) is 0. The molecule has 0 saturated carbocycles. The second-order valence-electron chi connectivity index (χ2n) is 2.94. The first kappa shape index (κ1) is 10.3. The van der Waals surface area contributed by atoms with Gasteiger partial charge in [-0.2, -0.15) is 15.4 Å². The molecule has 0 fully saturated rings. The highest BCUT2D eigenvalue weighted by atomic mass is 79.9. The van der Waals surface area contributed by atoms with Crippen LogP contribution < -0.4 is 0 Å². The maximum Gasteiger partial charge on any atom is 0.143 e. The van der Waals surface area contributed by atoms with Crippen molar-refractivity contribution in [2.45, 2.75) is 6.10 Å². The van der Waals surface area contributed by atoms with Crippen molar-refractivity contribution >= 4 is 15.9 Å². The summed E-state index contributed by atoms with van der Waals surface area (Å²) in [5, 5.41) is 19.4. The molecule has 0 radical (unpaired) electrons. The Morgan fingerprint density at radius 2 is 2.27 bits per heavy atom. The van der Waals surface area contributed by atoms with Crippen LogP contribution in [0.3, 0.4) is 0 Å². The van der Waals surface area contributed by atoms with Crippen LogP contribution in [0.2, 0.25) is 0 Å². The number of nitrogens with zero attached hydrogens (tertiary/aromatic N) is 2. The van der Waals surface area contributed by atoms with E-state index in [2.05, 4.69) is 31.3 Å². The number of aromatic nitrogens is 3. The zero-order chi connectivity index (χ0) is 10.8. The van der Waals surface area contributed by atoms with E-state index in [1.807, 2.05) is 0 Å². The minimum absolute atomic E-state index is 0.165. The maximum absolute atomic E-state index is 13.6. The summed E-state index contributed by atoms with van der Waals surface area (Å²) < 4.78 is 13.9. The van der Waals surface area contributed by atoms with Crippen molar-refractivity contribution in [2.75, 3.05) is 0 Å². The maximum atomic E-state index is 13.6. The lowest BCUT2D eigenvalue weighted by Gasteiger charge is -2.09. The fourth-order valence-corrected chi connectivity index (χ4v) is 1.61. The second-order valence-corrected chi connectivity index (χ2v) is 3.79. The first-order valence-corrected chi connectivity index (χ1v) is 4.97. The number of aliphatic hydroxyl groups excluding tert-OH is 1. The number of rotatable bonds is 2. The van der Waals surface area contributed by atoms with Gasteiger partial charge in [0.25, 0.3) is 0 Å². The van der Waals surface area contributed by atoms with Gasteiger partial charge in [0.15, 0.2) is 0 Å². The van der Waals surface area contributed by atoms with Gasteiger partial charge in [-0.05, 0) is 22.0 Å². The van der Waals surface area contributed by atoms with Gasteiger partial charge in [-0.15, -0.1) is 0 Å². The van der Waals surface area contributed by atoms with E-state index in [0.29, 0.717) is 4.47 Å². The van der Waals surface area contributed by atoms with Crippen molar-refractivity contribution in [1.82, 2.24) is 15.4 Å². The van der Waals surface area contributed by atoms with Crippen molar-refractivity contribution in [2.24, 2.45) is 0 Å². The van der Waals surface area contributed by atoms with E-state index in [-0.39, 0.29) is 11.3 Å². The third-order valence-electron chi connectivity index (χ3n) is 1.99. The second kappa shape index (κ2) is 4.08. The zero-order valence-electron chi connectivity index (χ0n) is 7.48. The van der Waals surface area contributed by atoms with Crippen molar-refractivity contribution in [3.05, 3.63) is 45.9 Å². The largest absolute Gasteiger partial charge is 0.382 e. The molecule has 1 aromatic carbocycles. The van der Waals surface area contributed by atoms with Gasteiger partial charge in [-0.3, -0.25) is 0 Å². The summed E-state index contributed by atoms with van der Waals surface area (Å²) in [4.78, 5) is 0. The first-order chi connectivity index (χ1) is 7.20. The molecule has 1 heterocycles. The van der Waals surface area contributed by atoms with E-state index in [4.69, 9.17) is 0 Å². The highest BCUT2D eigenvalue weighted by molar-refractivity contribution is 9.10. The van der Waals surface area contributed by atoms with Crippen LogP contribution in [0.15, 0.2) is 28.9 Å². The van der Waals surface area contributed by atoms with E-state index >= 15 is 0 Å². The lowest BCUT2D eigenvalue weighted by Crippen LogP contribution is -2.03. The third-order valence-corrected chi connectivity index (χ3v) is 2.60. The number of H-pyrrole nitrogens is 1. The Kier molecular flexibility index (Phi) is 2.79. The number of aromatic amines is 1. The molecule has 0 saturated heterocycles. The molecule has 0 aliphatic carbocycles. The summed E-state index contributed by atoms with van der Waals surface area (Å²) in [6.45, 7) is 0. The van der Waals surface area contributed by atoms with Gasteiger partial charge in [-0.25, -0.2) is 4.39 Å². The fourth-order valence-electron chi connectivity index (χ4n) is 1.23. The molecule has 2 N–H and O–H groups in total. The van der Waals surface area contributed by atoms with Crippen LogP contribution in [0.1, 0.15) is 17.4 Å².